The van der Waals surface area contributed by atoms with E-state index in [4.69, 9.17) is 9.72 Å². The molecule has 11 heteroatoms. The summed E-state index contributed by atoms with van der Waals surface area (Å²) < 4.78 is 12.0. The lowest BCUT2D eigenvalue weighted by Gasteiger charge is -2.32. The van der Waals surface area contributed by atoms with Gasteiger partial charge in [-0.25, -0.2) is 14.2 Å². The summed E-state index contributed by atoms with van der Waals surface area (Å²) >= 11 is 0. The Labute approximate surface area is 244 Å². The molecule has 218 valence electrons. The van der Waals surface area contributed by atoms with Crippen molar-refractivity contribution >= 4 is 28.4 Å². The van der Waals surface area contributed by atoms with Crippen LogP contribution in [0.25, 0.3) is 27.8 Å². The van der Waals surface area contributed by atoms with Crippen LogP contribution in [0.4, 0.5) is 5.95 Å². The van der Waals surface area contributed by atoms with Crippen molar-refractivity contribution in [2.45, 2.75) is 32.9 Å². The van der Waals surface area contributed by atoms with E-state index >= 15 is 0 Å². The van der Waals surface area contributed by atoms with Crippen molar-refractivity contribution in [2.75, 3.05) is 45.2 Å². The number of ether oxygens (including phenoxy) is 1. The molecule has 1 atom stereocenters. The molecule has 0 aliphatic carbocycles. The standard InChI is InChI=1S/C31H37N9O2/c1-21-5-4-14-42-30-25(18-33-37(30)3)27-17-23(16-24-8-9-32-40(24)27)29(41)35-31-34-26-7-6-22(15-28(26)39(31)19-21)20-38-12-10-36(2)11-13-38/h6-9,15-18,21H,4-5,10-14,19-20H2,1-3H3,(H,34,35,41)/t21-/m1/s1. The van der Waals surface area contributed by atoms with E-state index in [1.54, 1.807) is 17.1 Å². The summed E-state index contributed by atoms with van der Waals surface area (Å²) in [5.41, 5.74) is 6.07. The first-order chi connectivity index (χ1) is 20.4. The molecule has 5 aromatic rings. The Morgan fingerprint density at radius 3 is 2.76 bits per heavy atom. The topological polar surface area (TPSA) is 97.7 Å². The first kappa shape index (κ1) is 26.7. The number of fused-ring (bicyclic) bond motifs is 9. The lowest BCUT2D eigenvalue weighted by atomic mass is 10.1. The van der Waals surface area contributed by atoms with Crippen LogP contribution in [0.15, 0.2) is 48.8 Å². The minimum atomic E-state index is -0.219. The van der Waals surface area contributed by atoms with Crippen LogP contribution in [0, 0.1) is 5.92 Å². The Kier molecular flexibility index (Phi) is 6.91. The lowest BCUT2D eigenvalue weighted by Crippen LogP contribution is -2.43. The molecule has 1 saturated heterocycles. The number of aryl methyl sites for hydroxylation is 1. The molecule has 11 nitrogen and oxygen atoms in total. The van der Waals surface area contributed by atoms with Gasteiger partial charge in [0.25, 0.3) is 5.91 Å². The number of hydrogen-bond acceptors (Lipinski definition) is 7. The van der Waals surface area contributed by atoms with Gasteiger partial charge in [0.1, 0.15) is 0 Å². The third-order valence-electron chi connectivity index (χ3n) is 8.53. The van der Waals surface area contributed by atoms with E-state index in [1.807, 2.05) is 29.8 Å². The number of nitrogens with one attached hydrogen (secondary N) is 1. The second kappa shape index (κ2) is 10.9. The Morgan fingerprint density at radius 2 is 1.90 bits per heavy atom. The van der Waals surface area contributed by atoms with Crippen LogP contribution in [0.1, 0.15) is 35.7 Å². The van der Waals surface area contributed by atoms with Gasteiger partial charge in [0.15, 0.2) is 0 Å². The largest absolute Gasteiger partial charge is 0.477 e. The van der Waals surface area contributed by atoms with Gasteiger partial charge in [-0.15, -0.1) is 0 Å². The second-order valence-electron chi connectivity index (χ2n) is 11.8. The lowest BCUT2D eigenvalue weighted by molar-refractivity contribution is 0.102. The number of nitrogens with zero attached hydrogens (tertiary/aromatic N) is 8. The minimum Gasteiger partial charge on any atom is -0.477 e. The second-order valence-corrected chi connectivity index (χ2v) is 11.8. The molecule has 1 fully saturated rings. The molecule has 2 bridgehead atoms. The summed E-state index contributed by atoms with van der Waals surface area (Å²) in [4.78, 5) is 23.6. The van der Waals surface area contributed by atoms with E-state index in [1.165, 1.54) is 5.56 Å². The van der Waals surface area contributed by atoms with Crippen LogP contribution >= 0.6 is 0 Å². The van der Waals surface area contributed by atoms with Gasteiger partial charge in [-0.2, -0.15) is 10.2 Å². The molecule has 6 heterocycles. The van der Waals surface area contributed by atoms with Gasteiger partial charge in [0, 0.05) is 51.9 Å². The Morgan fingerprint density at radius 1 is 1.05 bits per heavy atom. The van der Waals surface area contributed by atoms with Gasteiger partial charge < -0.3 is 14.2 Å². The summed E-state index contributed by atoms with van der Waals surface area (Å²) in [6.07, 6.45) is 5.37. The Hall–Kier alpha value is -4.22. The Bertz CT molecular complexity index is 1760. The normalized spacial score (nSPS) is 19.1. The van der Waals surface area contributed by atoms with Gasteiger partial charge in [-0.3, -0.25) is 15.0 Å². The van der Waals surface area contributed by atoms with Gasteiger partial charge in [0.2, 0.25) is 11.8 Å². The number of likely N-dealkylation sites (N-methyl/N-ethyl adjacent to an activating group) is 1. The van der Waals surface area contributed by atoms with Gasteiger partial charge in [0.05, 0.1) is 46.8 Å². The molecular weight excluding hydrogens is 530 g/mol. The molecular formula is C31H37N9O2. The fourth-order valence-electron chi connectivity index (χ4n) is 6.12. The zero-order valence-corrected chi connectivity index (χ0v) is 24.5. The highest BCUT2D eigenvalue weighted by Crippen LogP contribution is 2.32. The zero-order chi connectivity index (χ0) is 28.8. The molecule has 0 spiro atoms. The number of aromatic nitrogens is 6. The fraction of sp³-hybridized carbons (Fsp3) is 0.419. The smallest absolute Gasteiger partial charge is 0.258 e. The van der Waals surface area contributed by atoms with E-state index in [2.05, 4.69) is 62.1 Å². The van der Waals surface area contributed by atoms with Gasteiger partial charge in [-0.1, -0.05) is 13.0 Å². The summed E-state index contributed by atoms with van der Waals surface area (Å²) in [5, 5.41) is 12.1. The molecule has 1 aromatic carbocycles. The highest BCUT2D eigenvalue weighted by atomic mass is 16.5. The van der Waals surface area contributed by atoms with Crippen LogP contribution in [0.5, 0.6) is 5.88 Å². The van der Waals surface area contributed by atoms with Crippen molar-refractivity contribution in [1.82, 2.24) is 38.7 Å². The number of imidazole rings is 1. The molecule has 1 N–H and O–H groups in total. The summed E-state index contributed by atoms with van der Waals surface area (Å²) in [6, 6.07) is 12.1. The summed E-state index contributed by atoms with van der Waals surface area (Å²) in [6.45, 7) is 8.79. The van der Waals surface area contributed by atoms with E-state index in [0.717, 1.165) is 79.9 Å². The number of carbonyl (C=O) groups excluding carboxylic acids is 1. The SMILES string of the molecule is C[C@@H]1CCCOc2c(cnn2C)-c2cc(cc3ccnn23)C(=O)Nc2nc3ccc(CN4CCN(C)CC4)cc3n2C1. The van der Waals surface area contributed by atoms with Crippen molar-refractivity contribution in [3.63, 3.8) is 0 Å². The van der Waals surface area contributed by atoms with Crippen molar-refractivity contribution in [3.05, 3.63) is 59.9 Å². The predicted octanol–water partition coefficient (Wildman–Crippen LogP) is 3.89. The number of piperazine rings is 1. The van der Waals surface area contributed by atoms with E-state index in [9.17, 15) is 4.79 Å². The Balaban J connectivity index is 1.28. The van der Waals surface area contributed by atoms with Gasteiger partial charge in [-0.05, 0) is 61.7 Å². The highest BCUT2D eigenvalue weighted by Gasteiger charge is 2.22. The number of amides is 1. The fourth-order valence-corrected chi connectivity index (χ4v) is 6.12. The maximum absolute atomic E-state index is 13.8. The number of rotatable bonds is 2. The maximum Gasteiger partial charge on any atom is 0.258 e. The minimum absolute atomic E-state index is 0.219. The third kappa shape index (κ3) is 5.03. The van der Waals surface area contributed by atoms with Crippen LogP contribution in [-0.2, 0) is 20.1 Å². The first-order valence-electron chi connectivity index (χ1n) is 14.8. The van der Waals surface area contributed by atoms with Gasteiger partial charge >= 0.3 is 0 Å². The van der Waals surface area contributed by atoms with E-state index < -0.39 is 0 Å². The summed E-state index contributed by atoms with van der Waals surface area (Å²) in [5.74, 6) is 1.37. The molecule has 4 aromatic heterocycles. The number of hydrogen-bond donors (Lipinski definition) is 1. The quantitative estimate of drug-likeness (QED) is 0.346. The monoisotopic (exact) mass is 567 g/mol. The average Bonchev–Trinajstić information content (AvgIpc) is 3.69. The molecule has 42 heavy (non-hydrogen) atoms. The van der Waals surface area contributed by atoms with Crippen LogP contribution in [0.3, 0.4) is 0 Å². The van der Waals surface area contributed by atoms with Crippen LogP contribution in [0.2, 0.25) is 0 Å². The first-order valence-corrected chi connectivity index (χ1v) is 14.8. The molecule has 0 unspecified atom stereocenters. The molecule has 0 radical (unpaired) electrons. The van der Waals surface area contributed by atoms with Crippen molar-refractivity contribution in [3.8, 4) is 17.1 Å². The zero-order valence-electron chi connectivity index (χ0n) is 24.5. The van der Waals surface area contributed by atoms with E-state index in [-0.39, 0.29) is 5.91 Å². The van der Waals surface area contributed by atoms with Crippen molar-refractivity contribution < 1.29 is 9.53 Å². The maximum atomic E-state index is 13.8. The summed E-state index contributed by atoms with van der Waals surface area (Å²) in [7, 11) is 4.05. The number of pyridine rings is 1. The molecule has 2 aliphatic heterocycles. The molecule has 2 aliphatic rings. The van der Waals surface area contributed by atoms with E-state index in [0.29, 0.717) is 29.9 Å². The molecule has 7 rings (SSSR count). The number of anilines is 1. The predicted molar refractivity (Wildman–Crippen MR) is 162 cm³/mol. The van der Waals surface area contributed by atoms with Crippen molar-refractivity contribution in [2.24, 2.45) is 13.0 Å². The number of benzene rings is 1. The molecule has 1 amide bonds. The highest BCUT2D eigenvalue weighted by molar-refractivity contribution is 6.05. The third-order valence-corrected chi connectivity index (χ3v) is 8.53. The van der Waals surface area contributed by atoms with Crippen LogP contribution < -0.4 is 10.1 Å². The van der Waals surface area contributed by atoms with Crippen LogP contribution in [-0.4, -0.2) is 84.5 Å². The molecule has 0 saturated carbocycles. The average molecular weight is 568 g/mol. The number of carbonyl (C=O) groups is 1. The van der Waals surface area contributed by atoms with Crippen molar-refractivity contribution in [1.29, 1.82) is 0 Å².